The fraction of sp³-hybridized carbons (Fsp3) is 0.167. The lowest BCUT2D eigenvalue weighted by Crippen LogP contribution is -2.13. The number of hydrogen-bond acceptors (Lipinski definition) is 3. The van der Waals surface area contributed by atoms with Gasteiger partial charge in [0.25, 0.3) is 5.91 Å². The number of hydrogen-bond donors (Lipinski definition) is 1. The van der Waals surface area contributed by atoms with E-state index in [1.54, 1.807) is 23.5 Å². The standard InChI is InChI=1S/C24H22FN3OS/c1-15-3-7-18(8-4-15)24-27-21(14-30-24)22-13-20(23(26)29)16(2)28(22)12-11-17-5-9-19(25)10-6-17/h3-10,13-14H,11-12H2,1-2H3,(H2,26,29). The van der Waals surface area contributed by atoms with Crippen molar-refractivity contribution in [3.63, 3.8) is 0 Å². The van der Waals surface area contributed by atoms with E-state index in [4.69, 9.17) is 10.7 Å². The van der Waals surface area contributed by atoms with Crippen molar-refractivity contribution in [3.8, 4) is 22.0 Å². The van der Waals surface area contributed by atoms with Gasteiger partial charge < -0.3 is 10.3 Å². The summed E-state index contributed by atoms with van der Waals surface area (Å²) in [6, 6.07) is 16.5. The molecule has 2 aromatic carbocycles. The number of nitrogens with two attached hydrogens (primary N) is 1. The Balaban J connectivity index is 1.68. The third kappa shape index (κ3) is 4.04. The molecule has 4 rings (SSSR count). The van der Waals surface area contributed by atoms with Crippen LogP contribution in [0, 0.1) is 19.7 Å². The molecule has 4 nitrogen and oxygen atoms in total. The Hall–Kier alpha value is -3.25. The Morgan fingerprint density at radius 1 is 1.10 bits per heavy atom. The minimum atomic E-state index is -0.455. The lowest BCUT2D eigenvalue weighted by molar-refractivity contribution is 0.0999. The molecule has 2 aromatic heterocycles. The van der Waals surface area contributed by atoms with Crippen LogP contribution >= 0.6 is 11.3 Å². The molecule has 0 bridgehead atoms. The first-order chi connectivity index (χ1) is 14.4. The molecule has 0 aliphatic rings. The zero-order valence-electron chi connectivity index (χ0n) is 16.9. The molecule has 4 aromatic rings. The maximum absolute atomic E-state index is 13.2. The summed E-state index contributed by atoms with van der Waals surface area (Å²) >= 11 is 1.57. The van der Waals surface area contributed by atoms with Gasteiger partial charge in [0, 0.05) is 23.2 Å². The van der Waals surface area contributed by atoms with Gasteiger partial charge in [-0.2, -0.15) is 0 Å². The summed E-state index contributed by atoms with van der Waals surface area (Å²) in [6.45, 7) is 4.58. The minimum Gasteiger partial charge on any atom is -0.366 e. The SMILES string of the molecule is Cc1ccc(-c2nc(-c3cc(C(N)=O)c(C)n3CCc3ccc(F)cc3)cs2)cc1. The van der Waals surface area contributed by atoms with Gasteiger partial charge in [0.1, 0.15) is 10.8 Å². The van der Waals surface area contributed by atoms with Gasteiger partial charge in [-0.25, -0.2) is 9.37 Å². The summed E-state index contributed by atoms with van der Waals surface area (Å²) < 4.78 is 15.3. The van der Waals surface area contributed by atoms with Crippen LogP contribution in [0.15, 0.2) is 60.0 Å². The van der Waals surface area contributed by atoms with E-state index in [0.717, 1.165) is 33.2 Å². The molecule has 0 spiro atoms. The second-order valence-corrected chi connectivity index (χ2v) is 8.18. The number of carbonyl (C=O) groups is 1. The maximum atomic E-state index is 13.2. The molecule has 152 valence electrons. The molecule has 0 saturated carbocycles. The summed E-state index contributed by atoms with van der Waals surface area (Å²) in [5.41, 5.74) is 11.9. The molecule has 0 aliphatic carbocycles. The van der Waals surface area contributed by atoms with E-state index >= 15 is 0 Å². The molecule has 1 amide bonds. The van der Waals surface area contributed by atoms with Crippen LogP contribution in [-0.2, 0) is 13.0 Å². The molecule has 0 aliphatic heterocycles. The smallest absolute Gasteiger partial charge is 0.250 e. The lowest BCUT2D eigenvalue weighted by atomic mass is 10.1. The van der Waals surface area contributed by atoms with Crippen LogP contribution in [0.2, 0.25) is 0 Å². The Bertz CT molecular complexity index is 1190. The van der Waals surface area contributed by atoms with Gasteiger partial charge in [0.05, 0.1) is 17.0 Å². The van der Waals surface area contributed by atoms with Crippen molar-refractivity contribution in [3.05, 3.63) is 88.2 Å². The number of thiazole rings is 1. The summed E-state index contributed by atoms with van der Waals surface area (Å²) in [7, 11) is 0. The third-order valence-corrected chi connectivity index (χ3v) is 6.13. The summed E-state index contributed by atoms with van der Waals surface area (Å²) in [5, 5.41) is 2.93. The van der Waals surface area contributed by atoms with E-state index in [9.17, 15) is 9.18 Å². The van der Waals surface area contributed by atoms with Gasteiger partial charge in [-0.05, 0) is 44.0 Å². The molecule has 30 heavy (non-hydrogen) atoms. The van der Waals surface area contributed by atoms with Gasteiger partial charge >= 0.3 is 0 Å². The molecule has 0 saturated heterocycles. The Morgan fingerprint density at radius 3 is 2.47 bits per heavy atom. The highest BCUT2D eigenvalue weighted by molar-refractivity contribution is 7.13. The number of halogens is 1. The number of benzene rings is 2. The van der Waals surface area contributed by atoms with Crippen molar-refractivity contribution >= 4 is 17.2 Å². The van der Waals surface area contributed by atoms with E-state index in [1.807, 2.05) is 18.4 Å². The molecular weight excluding hydrogens is 397 g/mol. The lowest BCUT2D eigenvalue weighted by Gasteiger charge is -2.11. The first-order valence-electron chi connectivity index (χ1n) is 9.69. The van der Waals surface area contributed by atoms with Crippen LogP contribution in [0.5, 0.6) is 0 Å². The van der Waals surface area contributed by atoms with Crippen molar-refractivity contribution in [1.82, 2.24) is 9.55 Å². The predicted octanol–water partition coefficient (Wildman–Crippen LogP) is 5.38. The van der Waals surface area contributed by atoms with Crippen LogP contribution in [0.4, 0.5) is 4.39 Å². The second kappa shape index (κ2) is 8.24. The fourth-order valence-electron chi connectivity index (χ4n) is 3.51. The molecule has 2 heterocycles. The van der Waals surface area contributed by atoms with E-state index in [1.165, 1.54) is 17.7 Å². The first-order valence-corrected chi connectivity index (χ1v) is 10.6. The Kier molecular flexibility index (Phi) is 5.50. The van der Waals surface area contributed by atoms with Gasteiger partial charge in [0.2, 0.25) is 0 Å². The number of aryl methyl sites for hydroxylation is 2. The Morgan fingerprint density at radius 2 is 1.80 bits per heavy atom. The highest BCUT2D eigenvalue weighted by atomic mass is 32.1. The van der Waals surface area contributed by atoms with Gasteiger partial charge in [0.15, 0.2) is 0 Å². The van der Waals surface area contributed by atoms with Crippen LogP contribution in [0.25, 0.3) is 22.0 Å². The first kappa shape index (κ1) is 20.0. The number of amides is 1. The van der Waals surface area contributed by atoms with E-state index in [-0.39, 0.29) is 5.82 Å². The van der Waals surface area contributed by atoms with Gasteiger partial charge in [-0.1, -0.05) is 42.0 Å². The number of primary amides is 1. The third-order valence-electron chi connectivity index (χ3n) is 5.23. The number of aromatic nitrogens is 2. The van der Waals surface area contributed by atoms with E-state index in [2.05, 4.69) is 35.8 Å². The quantitative estimate of drug-likeness (QED) is 0.456. The van der Waals surface area contributed by atoms with Gasteiger partial charge in [-0.3, -0.25) is 4.79 Å². The maximum Gasteiger partial charge on any atom is 0.250 e. The number of rotatable bonds is 6. The predicted molar refractivity (Wildman–Crippen MR) is 119 cm³/mol. The number of nitrogens with zero attached hydrogens (tertiary/aromatic N) is 2. The average Bonchev–Trinajstić information content (AvgIpc) is 3.33. The normalized spacial score (nSPS) is 11.0. The Labute approximate surface area is 178 Å². The van der Waals surface area contributed by atoms with Crippen LogP contribution in [-0.4, -0.2) is 15.5 Å². The van der Waals surface area contributed by atoms with Crippen LogP contribution < -0.4 is 5.73 Å². The molecular formula is C24H22FN3OS. The molecule has 0 fully saturated rings. The second-order valence-electron chi connectivity index (χ2n) is 7.32. The van der Waals surface area contributed by atoms with Crippen LogP contribution in [0.3, 0.4) is 0 Å². The van der Waals surface area contributed by atoms with Crippen molar-refractivity contribution in [2.24, 2.45) is 5.73 Å². The minimum absolute atomic E-state index is 0.251. The average molecular weight is 420 g/mol. The summed E-state index contributed by atoms with van der Waals surface area (Å²) in [5.74, 6) is -0.707. The van der Waals surface area contributed by atoms with Crippen molar-refractivity contribution < 1.29 is 9.18 Å². The van der Waals surface area contributed by atoms with Crippen molar-refractivity contribution in [2.75, 3.05) is 0 Å². The van der Waals surface area contributed by atoms with Crippen LogP contribution in [0.1, 0.15) is 27.2 Å². The molecule has 0 unspecified atom stereocenters. The summed E-state index contributed by atoms with van der Waals surface area (Å²) in [4.78, 5) is 16.8. The van der Waals surface area contributed by atoms with Crippen molar-refractivity contribution in [1.29, 1.82) is 0 Å². The molecule has 0 atom stereocenters. The number of carbonyl (C=O) groups excluding carboxylic acids is 1. The molecule has 0 radical (unpaired) electrons. The highest BCUT2D eigenvalue weighted by Crippen LogP contribution is 2.31. The largest absolute Gasteiger partial charge is 0.366 e. The van der Waals surface area contributed by atoms with E-state index in [0.29, 0.717) is 18.5 Å². The summed E-state index contributed by atoms with van der Waals surface area (Å²) in [6.07, 6.45) is 0.704. The zero-order valence-corrected chi connectivity index (χ0v) is 17.7. The zero-order chi connectivity index (χ0) is 21.3. The monoisotopic (exact) mass is 419 g/mol. The van der Waals surface area contributed by atoms with Gasteiger partial charge in [-0.15, -0.1) is 11.3 Å². The highest BCUT2D eigenvalue weighted by Gasteiger charge is 2.19. The topological polar surface area (TPSA) is 60.9 Å². The molecule has 6 heteroatoms. The molecule has 2 N–H and O–H groups in total. The van der Waals surface area contributed by atoms with E-state index < -0.39 is 5.91 Å². The van der Waals surface area contributed by atoms with Crippen molar-refractivity contribution in [2.45, 2.75) is 26.8 Å². The fourth-order valence-corrected chi connectivity index (χ4v) is 4.33.